The van der Waals surface area contributed by atoms with E-state index in [-0.39, 0.29) is 17.9 Å². The Hall–Kier alpha value is -1.35. The van der Waals surface area contributed by atoms with E-state index >= 15 is 0 Å². The average molecular weight is 286 g/mol. The van der Waals surface area contributed by atoms with E-state index < -0.39 is 0 Å². The van der Waals surface area contributed by atoms with Crippen LogP contribution in [0.3, 0.4) is 0 Å². The molecule has 1 aromatic carbocycles. The highest BCUT2D eigenvalue weighted by Gasteiger charge is 2.57. The van der Waals surface area contributed by atoms with Gasteiger partial charge in [0.2, 0.25) is 5.91 Å². The molecule has 1 amide bonds. The van der Waals surface area contributed by atoms with E-state index in [1.165, 1.54) is 11.1 Å². The van der Waals surface area contributed by atoms with Crippen LogP contribution in [0, 0.1) is 11.8 Å². The molecular weight excluding hydrogens is 260 g/mol. The Balaban J connectivity index is 1.63. The first kappa shape index (κ1) is 14.6. The molecule has 0 aliphatic heterocycles. The highest BCUT2D eigenvalue weighted by atomic mass is 16.2. The Kier molecular flexibility index (Phi) is 4.29. The van der Waals surface area contributed by atoms with E-state index in [2.05, 4.69) is 36.5 Å². The number of fused-ring (bicyclic) bond motifs is 3. The molecule has 1 aromatic rings. The second kappa shape index (κ2) is 6.18. The third-order valence-corrected chi connectivity index (χ3v) is 5.17. The molecule has 4 unspecified atom stereocenters. The Labute approximate surface area is 127 Å². The van der Waals surface area contributed by atoms with Crippen molar-refractivity contribution in [3.05, 3.63) is 35.4 Å². The van der Waals surface area contributed by atoms with E-state index in [9.17, 15) is 4.79 Å². The molecule has 3 rings (SSSR count). The van der Waals surface area contributed by atoms with Gasteiger partial charge >= 0.3 is 0 Å². The van der Waals surface area contributed by atoms with Crippen molar-refractivity contribution < 1.29 is 4.79 Å². The van der Waals surface area contributed by atoms with Gasteiger partial charge in [0.1, 0.15) is 0 Å². The number of hydrogen-bond acceptors (Lipinski definition) is 2. The third-order valence-electron chi connectivity index (χ3n) is 5.17. The number of benzene rings is 1. The molecule has 0 radical (unpaired) electrons. The third kappa shape index (κ3) is 2.84. The molecule has 3 heteroatoms. The van der Waals surface area contributed by atoms with Crippen LogP contribution in [0.2, 0.25) is 0 Å². The number of hydrogen-bond donors (Lipinski definition) is 2. The minimum Gasteiger partial charge on any atom is -0.352 e. The highest BCUT2D eigenvalue weighted by Crippen LogP contribution is 2.59. The van der Waals surface area contributed by atoms with Gasteiger partial charge in [0.15, 0.2) is 0 Å². The van der Waals surface area contributed by atoms with E-state index in [4.69, 9.17) is 5.73 Å². The summed E-state index contributed by atoms with van der Waals surface area (Å²) >= 11 is 0. The fourth-order valence-corrected chi connectivity index (χ4v) is 3.92. The minimum absolute atomic E-state index is 0.148. The van der Waals surface area contributed by atoms with E-state index in [0.717, 1.165) is 32.1 Å². The number of aryl methyl sites for hydroxylation is 1. The summed E-state index contributed by atoms with van der Waals surface area (Å²) in [5, 5.41) is 3.19. The standard InChI is InChI=1S/C18H26N2O/c1-2-3-7-13(11-19)20-18(21)17-15-10-9-12-6-4-5-8-14(12)16(15)17/h4-6,8,13,15-17H,2-3,7,9-11,19H2,1H3,(H,20,21). The molecule has 4 atom stereocenters. The Morgan fingerprint density at radius 3 is 3.00 bits per heavy atom. The number of amides is 1. The average Bonchev–Trinajstić information content (AvgIpc) is 3.26. The number of rotatable bonds is 6. The van der Waals surface area contributed by atoms with Gasteiger partial charge in [0, 0.05) is 18.5 Å². The summed E-state index contributed by atoms with van der Waals surface area (Å²) in [5.74, 6) is 1.43. The largest absolute Gasteiger partial charge is 0.352 e. The van der Waals surface area contributed by atoms with Crippen LogP contribution in [-0.2, 0) is 11.2 Å². The van der Waals surface area contributed by atoms with Crippen LogP contribution in [0.25, 0.3) is 0 Å². The van der Waals surface area contributed by atoms with Crippen LogP contribution >= 0.6 is 0 Å². The molecule has 3 N–H and O–H groups in total. The zero-order valence-electron chi connectivity index (χ0n) is 12.8. The van der Waals surface area contributed by atoms with Crippen LogP contribution in [-0.4, -0.2) is 18.5 Å². The molecule has 1 fully saturated rings. The van der Waals surface area contributed by atoms with Gasteiger partial charge < -0.3 is 11.1 Å². The molecule has 0 heterocycles. The molecule has 0 aromatic heterocycles. The Morgan fingerprint density at radius 2 is 2.24 bits per heavy atom. The van der Waals surface area contributed by atoms with Gasteiger partial charge in [-0.05, 0) is 42.2 Å². The summed E-state index contributed by atoms with van der Waals surface area (Å²) in [4.78, 5) is 12.5. The van der Waals surface area contributed by atoms with E-state index in [0.29, 0.717) is 18.4 Å². The maximum atomic E-state index is 12.5. The van der Waals surface area contributed by atoms with Crippen LogP contribution in [0.1, 0.15) is 49.7 Å². The van der Waals surface area contributed by atoms with Gasteiger partial charge in [-0.1, -0.05) is 44.0 Å². The predicted molar refractivity (Wildman–Crippen MR) is 85.0 cm³/mol. The molecule has 1 saturated carbocycles. The molecule has 21 heavy (non-hydrogen) atoms. The lowest BCUT2D eigenvalue weighted by atomic mass is 9.92. The summed E-state index contributed by atoms with van der Waals surface area (Å²) in [6.07, 6.45) is 5.55. The summed E-state index contributed by atoms with van der Waals surface area (Å²) in [6, 6.07) is 8.76. The van der Waals surface area contributed by atoms with Crippen molar-refractivity contribution in [3.8, 4) is 0 Å². The second-order valence-corrected chi connectivity index (χ2v) is 6.54. The predicted octanol–water partition coefficient (Wildman–Crippen LogP) is 2.60. The van der Waals surface area contributed by atoms with E-state index in [1.54, 1.807) is 0 Å². The SMILES string of the molecule is CCCCC(CN)NC(=O)C1C2CCc3ccccc3C21. The van der Waals surface area contributed by atoms with Gasteiger partial charge in [-0.2, -0.15) is 0 Å². The Morgan fingerprint density at radius 1 is 1.43 bits per heavy atom. The highest BCUT2D eigenvalue weighted by molar-refractivity contribution is 5.84. The first-order chi connectivity index (χ1) is 10.3. The van der Waals surface area contributed by atoms with Gasteiger partial charge in [-0.25, -0.2) is 0 Å². The monoisotopic (exact) mass is 286 g/mol. The number of nitrogens with one attached hydrogen (secondary N) is 1. The van der Waals surface area contributed by atoms with E-state index in [1.807, 2.05) is 0 Å². The van der Waals surface area contributed by atoms with Crippen molar-refractivity contribution >= 4 is 5.91 Å². The number of carbonyl (C=O) groups excluding carboxylic acids is 1. The normalized spacial score (nSPS) is 27.4. The van der Waals surface area contributed by atoms with Crippen molar-refractivity contribution in [2.45, 2.75) is 51.0 Å². The zero-order chi connectivity index (χ0) is 14.8. The quantitative estimate of drug-likeness (QED) is 0.844. The number of carbonyl (C=O) groups is 1. The smallest absolute Gasteiger partial charge is 0.224 e. The van der Waals surface area contributed by atoms with Crippen LogP contribution in [0.4, 0.5) is 0 Å². The van der Waals surface area contributed by atoms with Crippen molar-refractivity contribution in [1.82, 2.24) is 5.32 Å². The first-order valence-electron chi connectivity index (χ1n) is 8.34. The first-order valence-corrected chi connectivity index (χ1v) is 8.34. The molecule has 2 aliphatic rings. The lowest BCUT2D eigenvalue weighted by Crippen LogP contribution is -2.41. The van der Waals surface area contributed by atoms with Crippen LogP contribution in [0.5, 0.6) is 0 Å². The molecule has 0 spiro atoms. The molecule has 0 saturated heterocycles. The van der Waals surface area contributed by atoms with Crippen molar-refractivity contribution in [2.24, 2.45) is 17.6 Å². The minimum atomic E-state index is 0.148. The van der Waals surface area contributed by atoms with Crippen molar-refractivity contribution in [2.75, 3.05) is 6.54 Å². The topological polar surface area (TPSA) is 55.1 Å². The van der Waals surface area contributed by atoms with Crippen LogP contribution < -0.4 is 11.1 Å². The molecule has 2 aliphatic carbocycles. The maximum absolute atomic E-state index is 12.5. The lowest BCUT2D eigenvalue weighted by molar-refractivity contribution is -0.123. The fraction of sp³-hybridized carbons (Fsp3) is 0.611. The lowest BCUT2D eigenvalue weighted by Gasteiger charge is -2.16. The Bertz CT molecular complexity index is 514. The number of nitrogens with two attached hydrogens (primary N) is 1. The zero-order valence-corrected chi connectivity index (χ0v) is 12.8. The fourth-order valence-electron chi connectivity index (χ4n) is 3.92. The van der Waals surface area contributed by atoms with Gasteiger partial charge in [0.25, 0.3) is 0 Å². The summed E-state index contributed by atoms with van der Waals surface area (Å²) in [5.41, 5.74) is 8.64. The van der Waals surface area contributed by atoms with Gasteiger partial charge in [-0.3, -0.25) is 4.79 Å². The maximum Gasteiger partial charge on any atom is 0.224 e. The van der Waals surface area contributed by atoms with Crippen LogP contribution in [0.15, 0.2) is 24.3 Å². The summed E-state index contributed by atoms with van der Waals surface area (Å²) < 4.78 is 0. The molecule has 0 bridgehead atoms. The molecule has 3 nitrogen and oxygen atoms in total. The van der Waals surface area contributed by atoms with Crippen molar-refractivity contribution in [3.63, 3.8) is 0 Å². The van der Waals surface area contributed by atoms with Crippen molar-refractivity contribution in [1.29, 1.82) is 0 Å². The second-order valence-electron chi connectivity index (χ2n) is 6.54. The molecular formula is C18H26N2O. The summed E-state index contributed by atoms with van der Waals surface area (Å²) in [6.45, 7) is 2.71. The number of unbranched alkanes of at least 4 members (excludes halogenated alkanes) is 1. The summed E-state index contributed by atoms with van der Waals surface area (Å²) in [7, 11) is 0. The van der Waals surface area contributed by atoms with Gasteiger partial charge in [-0.15, -0.1) is 0 Å². The molecule has 114 valence electrons. The van der Waals surface area contributed by atoms with Gasteiger partial charge in [0.05, 0.1) is 0 Å².